The van der Waals surface area contributed by atoms with Gasteiger partial charge in [-0.1, -0.05) is 36.4 Å². The maximum atomic E-state index is 12.4. The van der Waals surface area contributed by atoms with Gasteiger partial charge in [0.25, 0.3) is 0 Å². The van der Waals surface area contributed by atoms with Crippen molar-refractivity contribution in [2.45, 2.75) is 13.5 Å². The Labute approximate surface area is 150 Å². The molecule has 4 aromatic rings. The predicted octanol–water partition coefficient (Wildman–Crippen LogP) is 4.52. The minimum absolute atomic E-state index is 0.336. The van der Waals surface area contributed by atoms with Gasteiger partial charge >= 0.3 is 5.97 Å². The number of fused-ring (bicyclic) bond motifs is 1. The molecule has 0 bridgehead atoms. The lowest BCUT2D eigenvalue weighted by atomic mass is 10.2. The largest absolute Gasteiger partial charge is 0.461 e. The summed E-state index contributed by atoms with van der Waals surface area (Å²) in [5.41, 5.74) is 3.13. The average molecular weight is 346 g/mol. The molecule has 0 spiro atoms. The highest BCUT2D eigenvalue weighted by molar-refractivity contribution is 5.95. The number of aromatic nitrogens is 2. The van der Waals surface area contributed by atoms with Crippen LogP contribution in [0.4, 0.5) is 0 Å². The molecule has 2 aromatic heterocycles. The first-order valence-electron chi connectivity index (χ1n) is 8.51. The minimum Gasteiger partial charge on any atom is -0.461 e. The van der Waals surface area contributed by atoms with E-state index in [4.69, 9.17) is 9.15 Å². The molecule has 0 unspecified atom stereocenters. The Kier molecular flexibility index (Phi) is 4.27. The molecular formula is C21H18N2O3. The number of hydrogen-bond donors (Lipinski definition) is 0. The van der Waals surface area contributed by atoms with E-state index in [-0.39, 0.29) is 5.97 Å². The molecule has 2 heterocycles. The van der Waals surface area contributed by atoms with E-state index in [1.165, 1.54) is 0 Å². The van der Waals surface area contributed by atoms with E-state index in [0.29, 0.717) is 24.7 Å². The molecule has 0 atom stereocenters. The third-order valence-electron chi connectivity index (χ3n) is 4.19. The molecular weight excluding hydrogens is 328 g/mol. The summed E-state index contributed by atoms with van der Waals surface area (Å²) in [5, 5.41) is 0.988. The molecule has 5 heteroatoms. The fourth-order valence-electron chi connectivity index (χ4n) is 3.01. The summed E-state index contributed by atoms with van der Waals surface area (Å²) in [6, 6.07) is 19.4. The highest BCUT2D eigenvalue weighted by Crippen LogP contribution is 2.23. The van der Waals surface area contributed by atoms with Gasteiger partial charge in [0.05, 0.1) is 18.8 Å². The fraction of sp³-hybridized carbons (Fsp3) is 0.143. The second-order valence-electron chi connectivity index (χ2n) is 5.91. The summed E-state index contributed by atoms with van der Waals surface area (Å²) < 4.78 is 12.7. The van der Waals surface area contributed by atoms with Gasteiger partial charge in [-0.25, -0.2) is 9.78 Å². The first-order valence-corrected chi connectivity index (χ1v) is 8.51. The Morgan fingerprint density at radius 3 is 2.69 bits per heavy atom. The van der Waals surface area contributed by atoms with Crippen LogP contribution in [0.25, 0.3) is 22.4 Å². The maximum absolute atomic E-state index is 12.4. The van der Waals surface area contributed by atoms with Crippen molar-refractivity contribution in [3.8, 4) is 11.5 Å². The number of hydrogen-bond acceptors (Lipinski definition) is 4. The maximum Gasteiger partial charge on any atom is 0.354 e. The van der Waals surface area contributed by atoms with Crippen LogP contribution in [-0.2, 0) is 11.3 Å². The van der Waals surface area contributed by atoms with E-state index in [9.17, 15) is 4.79 Å². The normalized spacial score (nSPS) is 11.0. The van der Waals surface area contributed by atoms with E-state index < -0.39 is 0 Å². The molecule has 26 heavy (non-hydrogen) atoms. The summed E-state index contributed by atoms with van der Waals surface area (Å²) in [6.45, 7) is 2.56. The molecule has 5 nitrogen and oxygen atoms in total. The van der Waals surface area contributed by atoms with Gasteiger partial charge in [0.15, 0.2) is 0 Å². The lowest BCUT2D eigenvalue weighted by Gasteiger charge is -2.08. The summed E-state index contributed by atoms with van der Waals surface area (Å²) in [4.78, 5) is 16.9. The molecule has 0 aliphatic heterocycles. The number of carbonyl (C=O) groups is 1. The first-order chi connectivity index (χ1) is 12.8. The third-order valence-corrected chi connectivity index (χ3v) is 4.19. The fourth-order valence-corrected chi connectivity index (χ4v) is 3.01. The number of ether oxygens (including phenoxy) is 1. The number of carbonyl (C=O) groups excluding carboxylic acids is 1. The first kappa shape index (κ1) is 16.1. The van der Waals surface area contributed by atoms with Crippen molar-refractivity contribution in [1.29, 1.82) is 0 Å². The minimum atomic E-state index is -0.338. The molecule has 0 fully saturated rings. The third kappa shape index (κ3) is 2.99. The molecule has 0 radical (unpaired) electrons. The lowest BCUT2D eigenvalue weighted by Crippen LogP contribution is -2.13. The molecule has 0 N–H and O–H groups in total. The Balaban J connectivity index is 1.72. The number of esters is 1. The van der Waals surface area contributed by atoms with Crippen molar-refractivity contribution in [3.05, 3.63) is 78.3 Å². The van der Waals surface area contributed by atoms with E-state index in [0.717, 1.165) is 22.2 Å². The van der Waals surface area contributed by atoms with Crippen LogP contribution in [0.3, 0.4) is 0 Å². The van der Waals surface area contributed by atoms with Crippen molar-refractivity contribution in [1.82, 2.24) is 9.55 Å². The van der Waals surface area contributed by atoms with Gasteiger partial charge < -0.3 is 13.7 Å². The lowest BCUT2D eigenvalue weighted by molar-refractivity contribution is 0.0515. The Morgan fingerprint density at radius 2 is 1.88 bits per heavy atom. The van der Waals surface area contributed by atoms with Gasteiger partial charge in [-0.05, 0) is 31.2 Å². The molecule has 0 aliphatic rings. The van der Waals surface area contributed by atoms with E-state index in [1.54, 1.807) is 13.2 Å². The van der Waals surface area contributed by atoms with Crippen molar-refractivity contribution >= 4 is 16.9 Å². The van der Waals surface area contributed by atoms with Crippen molar-refractivity contribution in [3.63, 3.8) is 0 Å². The van der Waals surface area contributed by atoms with Gasteiger partial charge in [0, 0.05) is 16.5 Å². The summed E-state index contributed by atoms with van der Waals surface area (Å²) >= 11 is 0. The summed E-state index contributed by atoms with van der Waals surface area (Å²) in [7, 11) is 0. The number of oxazole rings is 1. The number of rotatable bonds is 5. The van der Waals surface area contributed by atoms with Crippen molar-refractivity contribution < 1.29 is 13.9 Å². The standard InChI is InChI=1S/C21H18N2O3/c1-2-25-21(24)19-12-16-10-6-7-11-18(16)23(19)13-17-14-26-20(22-17)15-8-4-3-5-9-15/h3-12,14H,2,13H2,1H3. The second kappa shape index (κ2) is 6.88. The molecule has 130 valence electrons. The van der Waals surface area contributed by atoms with Crippen molar-refractivity contribution in [2.24, 2.45) is 0 Å². The van der Waals surface area contributed by atoms with E-state index >= 15 is 0 Å². The monoisotopic (exact) mass is 346 g/mol. The van der Waals surface area contributed by atoms with E-state index in [2.05, 4.69) is 4.98 Å². The zero-order chi connectivity index (χ0) is 17.9. The van der Waals surface area contributed by atoms with Crippen LogP contribution < -0.4 is 0 Å². The number of nitrogens with zero attached hydrogens (tertiary/aromatic N) is 2. The van der Waals surface area contributed by atoms with Crippen LogP contribution in [0.1, 0.15) is 23.1 Å². The van der Waals surface area contributed by atoms with Crippen LogP contribution in [0.5, 0.6) is 0 Å². The zero-order valence-corrected chi connectivity index (χ0v) is 14.4. The topological polar surface area (TPSA) is 57.3 Å². The molecule has 0 aliphatic carbocycles. The van der Waals surface area contributed by atoms with Gasteiger partial charge in [0.1, 0.15) is 12.0 Å². The quantitative estimate of drug-likeness (QED) is 0.499. The van der Waals surface area contributed by atoms with Gasteiger partial charge in [-0.3, -0.25) is 0 Å². The molecule has 2 aromatic carbocycles. The smallest absolute Gasteiger partial charge is 0.354 e. The molecule has 0 saturated heterocycles. The van der Waals surface area contributed by atoms with Crippen LogP contribution in [0.15, 0.2) is 71.3 Å². The second-order valence-corrected chi connectivity index (χ2v) is 5.91. The highest BCUT2D eigenvalue weighted by atomic mass is 16.5. The Bertz CT molecular complexity index is 1050. The van der Waals surface area contributed by atoms with Crippen LogP contribution >= 0.6 is 0 Å². The van der Waals surface area contributed by atoms with Crippen LogP contribution in [0.2, 0.25) is 0 Å². The molecule has 4 rings (SSSR count). The van der Waals surface area contributed by atoms with Gasteiger partial charge in [0.2, 0.25) is 5.89 Å². The summed E-state index contributed by atoms with van der Waals surface area (Å²) in [5.74, 6) is 0.227. The number of para-hydroxylation sites is 1. The molecule has 0 saturated carbocycles. The van der Waals surface area contributed by atoms with Crippen LogP contribution in [0, 0.1) is 0 Å². The highest BCUT2D eigenvalue weighted by Gasteiger charge is 2.18. The Hall–Kier alpha value is -3.34. The average Bonchev–Trinajstić information content (AvgIpc) is 3.28. The Morgan fingerprint density at radius 1 is 1.12 bits per heavy atom. The van der Waals surface area contributed by atoms with Gasteiger partial charge in [-0.2, -0.15) is 0 Å². The predicted molar refractivity (Wildman–Crippen MR) is 98.9 cm³/mol. The zero-order valence-electron chi connectivity index (χ0n) is 14.4. The van der Waals surface area contributed by atoms with Crippen molar-refractivity contribution in [2.75, 3.05) is 6.61 Å². The summed E-state index contributed by atoms with van der Waals surface area (Å²) in [6.07, 6.45) is 1.63. The number of benzene rings is 2. The van der Waals surface area contributed by atoms with E-state index in [1.807, 2.05) is 65.2 Å². The van der Waals surface area contributed by atoms with Gasteiger partial charge in [-0.15, -0.1) is 0 Å². The van der Waals surface area contributed by atoms with Crippen LogP contribution in [-0.4, -0.2) is 22.1 Å². The SMILES string of the molecule is CCOC(=O)c1cc2ccccc2n1Cc1coc(-c2ccccc2)n1. The molecule has 0 amide bonds.